The number of carbonyl (C=O) groups excluding carboxylic acids is 2. The maximum Gasteiger partial charge on any atom is 0.278 e. The summed E-state index contributed by atoms with van der Waals surface area (Å²) in [7, 11) is 1.86. The molecule has 1 unspecified atom stereocenters. The zero-order chi connectivity index (χ0) is 22.4. The second-order valence-corrected chi connectivity index (χ2v) is 8.72. The van der Waals surface area contributed by atoms with Gasteiger partial charge < -0.3 is 9.80 Å². The molecule has 0 bridgehead atoms. The van der Waals surface area contributed by atoms with Crippen LogP contribution >= 0.6 is 0 Å². The second-order valence-electron chi connectivity index (χ2n) is 8.72. The van der Waals surface area contributed by atoms with Crippen LogP contribution in [0.5, 0.6) is 0 Å². The highest BCUT2D eigenvalue weighted by atomic mass is 16.2. The van der Waals surface area contributed by atoms with E-state index in [-0.39, 0.29) is 17.9 Å². The minimum Gasteiger partial charge on any atom is -0.330 e. The van der Waals surface area contributed by atoms with E-state index in [9.17, 15) is 9.59 Å². The van der Waals surface area contributed by atoms with Gasteiger partial charge in [0.05, 0.1) is 23.0 Å². The maximum atomic E-state index is 13.5. The van der Waals surface area contributed by atoms with Crippen molar-refractivity contribution in [2.24, 2.45) is 7.05 Å². The summed E-state index contributed by atoms with van der Waals surface area (Å²) in [6.45, 7) is 5.14. The van der Waals surface area contributed by atoms with Crippen LogP contribution in [0.1, 0.15) is 68.8 Å². The number of nitrogens with zero attached hydrogens (tertiary/aromatic N) is 5. The maximum absolute atomic E-state index is 13.5. The molecular formula is C24H28N6O2. The summed E-state index contributed by atoms with van der Waals surface area (Å²) in [5.41, 5.74) is 5.62. The number of hydrogen-bond acceptors (Lipinski definition) is 4. The third-order valence-electron chi connectivity index (χ3n) is 6.79. The molecule has 3 aromatic rings. The Balaban J connectivity index is 1.41. The van der Waals surface area contributed by atoms with Crippen LogP contribution in [0.15, 0.2) is 30.3 Å². The highest BCUT2D eigenvalue weighted by Crippen LogP contribution is 2.33. The fourth-order valence-corrected chi connectivity index (χ4v) is 5.03. The monoisotopic (exact) mass is 432 g/mol. The standard InChI is InChI=1S/C24H28N6O2/c1-15-22(16(2)28(3)27-15)24(32)29-12-7-6-10-21(29)18-14-19(26-25-18)23(31)30-13-11-17-8-4-5-9-20(17)30/h4-5,8-9,14,21H,6-7,10-13H2,1-3H3,(H,25,26). The molecule has 32 heavy (non-hydrogen) atoms. The van der Waals surface area contributed by atoms with Crippen molar-refractivity contribution >= 4 is 17.5 Å². The summed E-state index contributed by atoms with van der Waals surface area (Å²) in [5.74, 6) is -0.112. The van der Waals surface area contributed by atoms with Gasteiger partial charge in [0.1, 0.15) is 0 Å². The molecule has 166 valence electrons. The van der Waals surface area contributed by atoms with E-state index >= 15 is 0 Å². The van der Waals surface area contributed by atoms with E-state index in [0.29, 0.717) is 24.3 Å². The number of amides is 2. The van der Waals surface area contributed by atoms with Crippen LogP contribution in [0, 0.1) is 13.8 Å². The van der Waals surface area contributed by atoms with Crippen molar-refractivity contribution in [1.29, 1.82) is 0 Å². The molecule has 1 N–H and O–H groups in total. The molecule has 8 nitrogen and oxygen atoms in total. The summed E-state index contributed by atoms with van der Waals surface area (Å²) in [6, 6.07) is 9.69. The van der Waals surface area contributed by atoms with Gasteiger partial charge in [-0.1, -0.05) is 18.2 Å². The molecule has 8 heteroatoms. The predicted molar refractivity (Wildman–Crippen MR) is 121 cm³/mol. The number of aromatic nitrogens is 4. The Hall–Kier alpha value is -3.42. The normalized spacial score (nSPS) is 18.2. The Morgan fingerprint density at radius 2 is 1.91 bits per heavy atom. The predicted octanol–water partition coefficient (Wildman–Crippen LogP) is 3.33. The van der Waals surface area contributed by atoms with Crippen LogP contribution < -0.4 is 4.90 Å². The fourth-order valence-electron chi connectivity index (χ4n) is 5.03. The Morgan fingerprint density at radius 3 is 2.69 bits per heavy atom. The summed E-state index contributed by atoms with van der Waals surface area (Å²) >= 11 is 0. The van der Waals surface area contributed by atoms with Crippen LogP contribution in [0.3, 0.4) is 0 Å². The minimum absolute atomic E-state index is 0.00579. The minimum atomic E-state index is -0.129. The highest BCUT2D eigenvalue weighted by molar-refractivity contribution is 6.06. The molecule has 1 fully saturated rings. The van der Waals surface area contributed by atoms with Gasteiger partial charge in [-0.25, -0.2) is 0 Å². The zero-order valence-corrected chi connectivity index (χ0v) is 18.8. The number of benzene rings is 1. The number of para-hydroxylation sites is 1. The molecular weight excluding hydrogens is 404 g/mol. The number of aromatic amines is 1. The quantitative estimate of drug-likeness (QED) is 0.688. The molecule has 0 saturated carbocycles. The van der Waals surface area contributed by atoms with Crippen molar-refractivity contribution in [1.82, 2.24) is 24.9 Å². The lowest BCUT2D eigenvalue weighted by molar-refractivity contribution is 0.0604. The van der Waals surface area contributed by atoms with E-state index in [1.807, 2.05) is 50.1 Å². The Kier molecular flexibility index (Phi) is 5.07. The first-order valence-corrected chi connectivity index (χ1v) is 11.2. The summed E-state index contributed by atoms with van der Waals surface area (Å²) in [6.07, 6.45) is 3.69. The first-order valence-electron chi connectivity index (χ1n) is 11.2. The van der Waals surface area contributed by atoms with Gasteiger partial charge in [-0.15, -0.1) is 0 Å². The van der Waals surface area contributed by atoms with E-state index in [1.54, 1.807) is 9.58 Å². The van der Waals surface area contributed by atoms with Gasteiger partial charge >= 0.3 is 0 Å². The second kappa shape index (κ2) is 7.93. The molecule has 4 heterocycles. The Bertz CT molecular complexity index is 1190. The Morgan fingerprint density at radius 1 is 1.09 bits per heavy atom. The van der Waals surface area contributed by atoms with E-state index in [0.717, 1.165) is 48.5 Å². The van der Waals surface area contributed by atoms with E-state index in [2.05, 4.69) is 21.4 Å². The fraction of sp³-hybridized carbons (Fsp3) is 0.417. The third-order valence-corrected chi connectivity index (χ3v) is 6.79. The average molecular weight is 433 g/mol. The molecule has 0 radical (unpaired) electrons. The van der Waals surface area contributed by atoms with Crippen molar-refractivity contribution in [3.05, 3.63) is 64.2 Å². The van der Waals surface area contributed by atoms with Gasteiger partial charge in [0.25, 0.3) is 11.8 Å². The molecule has 0 spiro atoms. The van der Waals surface area contributed by atoms with E-state index < -0.39 is 0 Å². The van der Waals surface area contributed by atoms with Gasteiger partial charge in [0, 0.05) is 31.5 Å². The largest absolute Gasteiger partial charge is 0.330 e. The van der Waals surface area contributed by atoms with Crippen molar-refractivity contribution in [2.75, 3.05) is 18.0 Å². The third kappa shape index (κ3) is 3.30. The molecule has 5 rings (SSSR count). The van der Waals surface area contributed by atoms with Crippen LogP contribution in [-0.2, 0) is 13.5 Å². The number of fused-ring (bicyclic) bond motifs is 1. The summed E-state index contributed by atoms with van der Waals surface area (Å²) in [5, 5.41) is 11.8. The van der Waals surface area contributed by atoms with Gasteiger partial charge in [-0.3, -0.25) is 19.4 Å². The highest BCUT2D eigenvalue weighted by Gasteiger charge is 2.34. The van der Waals surface area contributed by atoms with Crippen LogP contribution in [0.25, 0.3) is 0 Å². The van der Waals surface area contributed by atoms with Crippen molar-refractivity contribution in [3.8, 4) is 0 Å². The first kappa shape index (κ1) is 20.5. The first-order chi connectivity index (χ1) is 15.5. The topological polar surface area (TPSA) is 87.1 Å². The van der Waals surface area contributed by atoms with Crippen molar-refractivity contribution in [2.45, 2.75) is 45.6 Å². The molecule has 2 amide bonds. The average Bonchev–Trinajstić information content (AvgIpc) is 3.51. The SMILES string of the molecule is Cc1nn(C)c(C)c1C(=O)N1CCCCC1c1cc(C(=O)N2CCc3ccccc32)n[nH]1. The van der Waals surface area contributed by atoms with Crippen molar-refractivity contribution < 1.29 is 9.59 Å². The van der Waals surface area contributed by atoms with Crippen LogP contribution in [0.4, 0.5) is 5.69 Å². The van der Waals surface area contributed by atoms with E-state index in [1.165, 1.54) is 5.56 Å². The van der Waals surface area contributed by atoms with Crippen molar-refractivity contribution in [3.63, 3.8) is 0 Å². The number of hydrogen-bond donors (Lipinski definition) is 1. The van der Waals surface area contributed by atoms with Crippen LogP contribution in [0.2, 0.25) is 0 Å². The smallest absolute Gasteiger partial charge is 0.278 e. The number of aryl methyl sites for hydroxylation is 2. The Labute approximate surface area is 187 Å². The zero-order valence-electron chi connectivity index (χ0n) is 18.8. The lowest BCUT2D eigenvalue weighted by Crippen LogP contribution is -2.39. The molecule has 1 saturated heterocycles. The number of likely N-dealkylation sites (tertiary alicyclic amines) is 1. The number of nitrogens with one attached hydrogen (secondary N) is 1. The van der Waals surface area contributed by atoms with Gasteiger partial charge in [0.2, 0.25) is 0 Å². The lowest BCUT2D eigenvalue weighted by atomic mass is 9.97. The molecule has 0 aliphatic carbocycles. The van der Waals surface area contributed by atoms with E-state index in [4.69, 9.17) is 0 Å². The number of carbonyl (C=O) groups is 2. The molecule has 2 aliphatic heterocycles. The number of H-pyrrole nitrogens is 1. The van der Waals surface area contributed by atoms with Gasteiger partial charge in [0.15, 0.2) is 5.69 Å². The number of anilines is 1. The molecule has 1 aromatic carbocycles. The summed E-state index contributed by atoms with van der Waals surface area (Å²) < 4.78 is 1.75. The number of rotatable bonds is 3. The number of piperidine rings is 1. The van der Waals surface area contributed by atoms with Gasteiger partial charge in [-0.05, 0) is 57.2 Å². The van der Waals surface area contributed by atoms with Crippen LogP contribution in [-0.4, -0.2) is 49.8 Å². The van der Waals surface area contributed by atoms with Gasteiger partial charge in [-0.2, -0.15) is 10.2 Å². The summed E-state index contributed by atoms with van der Waals surface area (Å²) in [4.78, 5) is 30.4. The molecule has 2 aromatic heterocycles. The molecule has 2 aliphatic rings. The molecule has 1 atom stereocenters. The lowest BCUT2D eigenvalue weighted by Gasteiger charge is -2.35.